The summed E-state index contributed by atoms with van der Waals surface area (Å²) in [5.41, 5.74) is 0.765. The van der Waals surface area contributed by atoms with E-state index in [1.165, 1.54) is 0 Å². The normalized spacial score (nSPS) is 22.2. The van der Waals surface area contributed by atoms with Gasteiger partial charge in [0.1, 0.15) is 5.75 Å². The lowest BCUT2D eigenvalue weighted by Gasteiger charge is -2.26. The van der Waals surface area contributed by atoms with Crippen LogP contribution >= 0.6 is 0 Å². The maximum absolute atomic E-state index is 11.9. The molecule has 0 saturated heterocycles. The molecular weight excluding hydrogens is 258 g/mol. The molecule has 1 fully saturated rings. The maximum Gasteiger partial charge on any atom is 0.306 e. The molecule has 0 aliphatic heterocycles. The van der Waals surface area contributed by atoms with Gasteiger partial charge in [0.25, 0.3) is 0 Å². The third kappa shape index (κ3) is 3.98. The van der Waals surface area contributed by atoms with Crippen LogP contribution in [0.3, 0.4) is 0 Å². The van der Waals surface area contributed by atoms with Crippen molar-refractivity contribution in [1.29, 1.82) is 0 Å². The highest BCUT2D eigenvalue weighted by molar-refractivity contribution is 5.79. The van der Waals surface area contributed by atoms with Gasteiger partial charge in [0.05, 0.1) is 12.3 Å². The summed E-state index contributed by atoms with van der Waals surface area (Å²) in [6.45, 7) is 0. The van der Waals surface area contributed by atoms with E-state index in [9.17, 15) is 14.7 Å². The third-order valence-electron chi connectivity index (χ3n) is 3.72. The average molecular weight is 277 g/mol. The Labute approximate surface area is 117 Å². The molecule has 1 saturated carbocycles. The minimum atomic E-state index is -0.741. The number of hydrogen-bond acceptors (Lipinski definition) is 3. The van der Waals surface area contributed by atoms with Crippen molar-refractivity contribution in [3.05, 3.63) is 29.8 Å². The van der Waals surface area contributed by atoms with Crippen molar-refractivity contribution in [2.75, 3.05) is 0 Å². The highest BCUT2D eigenvalue weighted by atomic mass is 16.4. The topological polar surface area (TPSA) is 86.6 Å². The minimum absolute atomic E-state index is 0.0652. The van der Waals surface area contributed by atoms with E-state index in [1.807, 2.05) is 0 Å². The third-order valence-corrected chi connectivity index (χ3v) is 3.72. The van der Waals surface area contributed by atoms with E-state index in [4.69, 9.17) is 5.11 Å². The Kier molecular flexibility index (Phi) is 4.61. The van der Waals surface area contributed by atoms with Gasteiger partial charge in [-0.25, -0.2) is 0 Å². The second kappa shape index (κ2) is 6.41. The van der Waals surface area contributed by atoms with Crippen LogP contribution in [0, 0.1) is 5.92 Å². The van der Waals surface area contributed by atoms with Crippen LogP contribution in [0.1, 0.15) is 31.2 Å². The van der Waals surface area contributed by atoms with E-state index in [2.05, 4.69) is 5.32 Å². The summed E-state index contributed by atoms with van der Waals surface area (Å²) in [5.74, 6) is -0.949. The van der Waals surface area contributed by atoms with Crippen molar-refractivity contribution < 1.29 is 19.8 Å². The predicted octanol–water partition coefficient (Wildman–Crippen LogP) is 1.69. The van der Waals surface area contributed by atoms with Gasteiger partial charge in [-0.3, -0.25) is 9.59 Å². The summed E-state index contributed by atoms with van der Waals surface area (Å²) in [6, 6.07) is 6.70. The minimum Gasteiger partial charge on any atom is -0.508 e. The second-order valence-corrected chi connectivity index (χ2v) is 5.30. The zero-order chi connectivity index (χ0) is 14.5. The van der Waals surface area contributed by atoms with Crippen LogP contribution in [0.2, 0.25) is 0 Å². The van der Waals surface area contributed by atoms with Crippen LogP contribution in [0.25, 0.3) is 0 Å². The van der Waals surface area contributed by atoms with Gasteiger partial charge in [0.15, 0.2) is 0 Å². The van der Waals surface area contributed by atoms with Gasteiger partial charge >= 0.3 is 5.97 Å². The number of phenolic OH excluding ortho intramolecular Hbond substituents is 1. The summed E-state index contributed by atoms with van der Waals surface area (Å²) < 4.78 is 0. The zero-order valence-electron chi connectivity index (χ0n) is 11.2. The number of carboxylic acid groups (broad SMARTS) is 1. The molecule has 0 heterocycles. The number of aromatic hydroxyl groups is 1. The Morgan fingerprint density at radius 1 is 1.20 bits per heavy atom. The predicted molar refractivity (Wildman–Crippen MR) is 73.3 cm³/mol. The van der Waals surface area contributed by atoms with Gasteiger partial charge in [-0.05, 0) is 43.4 Å². The quantitative estimate of drug-likeness (QED) is 0.781. The van der Waals surface area contributed by atoms with E-state index < -0.39 is 5.97 Å². The van der Waals surface area contributed by atoms with E-state index in [0.29, 0.717) is 25.7 Å². The molecule has 1 aliphatic carbocycles. The zero-order valence-corrected chi connectivity index (χ0v) is 11.2. The molecule has 108 valence electrons. The van der Waals surface area contributed by atoms with Gasteiger partial charge < -0.3 is 15.5 Å². The van der Waals surface area contributed by atoms with Crippen LogP contribution in [0.15, 0.2) is 24.3 Å². The highest BCUT2D eigenvalue weighted by Crippen LogP contribution is 2.24. The first kappa shape index (κ1) is 14.4. The molecule has 0 radical (unpaired) electrons. The van der Waals surface area contributed by atoms with Crippen LogP contribution in [-0.2, 0) is 16.0 Å². The number of carbonyl (C=O) groups excluding carboxylic acids is 1. The summed E-state index contributed by atoms with van der Waals surface area (Å²) in [6.07, 6.45) is 2.89. The largest absolute Gasteiger partial charge is 0.508 e. The lowest BCUT2D eigenvalue weighted by Crippen LogP contribution is -2.39. The lowest BCUT2D eigenvalue weighted by atomic mass is 9.86. The van der Waals surface area contributed by atoms with Crippen molar-refractivity contribution in [1.82, 2.24) is 5.32 Å². The number of rotatable bonds is 4. The summed E-state index contributed by atoms with van der Waals surface area (Å²) >= 11 is 0. The van der Waals surface area contributed by atoms with Gasteiger partial charge in [0.2, 0.25) is 5.91 Å². The van der Waals surface area contributed by atoms with Crippen LogP contribution in [-0.4, -0.2) is 28.1 Å². The molecule has 0 spiro atoms. The Balaban J connectivity index is 1.80. The highest BCUT2D eigenvalue weighted by Gasteiger charge is 2.26. The number of nitrogens with one attached hydrogen (secondary N) is 1. The second-order valence-electron chi connectivity index (χ2n) is 5.30. The average Bonchev–Trinajstić information content (AvgIpc) is 2.39. The van der Waals surface area contributed by atoms with E-state index in [0.717, 1.165) is 5.56 Å². The number of aliphatic carboxylic acids is 1. The Bertz CT molecular complexity index is 492. The molecule has 1 aromatic carbocycles. The first-order valence-corrected chi connectivity index (χ1v) is 6.84. The summed E-state index contributed by atoms with van der Waals surface area (Å²) in [7, 11) is 0. The molecule has 1 aromatic rings. The number of carboxylic acids is 1. The van der Waals surface area contributed by atoms with Crippen LogP contribution in [0.5, 0.6) is 5.75 Å². The fraction of sp³-hybridized carbons (Fsp3) is 0.467. The summed E-state index contributed by atoms with van der Waals surface area (Å²) in [4.78, 5) is 22.7. The molecule has 2 rings (SSSR count). The molecular formula is C15H19NO4. The number of hydrogen-bond donors (Lipinski definition) is 3. The molecule has 1 amide bonds. The molecule has 3 N–H and O–H groups in total. The standard InChI is InChI=1S/C15H19NO4/c17-13-3-1-2-10(8-13)9-14(18)16-12-6-4-11(5-7-12)15(19)20/h1-3,8,11-12,17H,4-7,9H2,(H,16,18)(H,19,20). The van der Waals surface area contributed by atoms with E-state index >= 15 is 0 Å². The van der Waals surface area contributed by atoms with Crippen molar-refractivity contribution in [3.8, 4) is 5.75 Å². The van der Waals surface area contributed by atoms with Gasteiger partial charge in [-0.1, -0.05) is 12.1 Å². The first-order chi connectivity index (χ1) is 9.54. The molecule has 0 aromatic heterocycles. The smallest absolute Gasteiger partial charge is 0.306 e. The molecule has 0 atom stereocenters. The molecule has 5 heteroatoms. The number of amides is 1. The molecule has 20 heavy (non-hydrogen) atoms. The van der Waals surface area contributed by atoms with Gasteiger partial charge in [-0.2, -0.15) is 0 Å². The van der Waals surface area contributed by atoms with E-state index in [1.54, 1.807) is 24.3 Å². The lowest BCUT2D eigenvalue weighted by molar-refractivity contribution is -0.142. The van der Waals surface area contributed by atoms with E-state index in [-0.39, 0.29) is 30.0 Å². The maximum atomic E-state index is 11.9. The first-order valence-electron chi connectivity index (χ1n) is 6.84. The van der Waals surface area contributed by atoms with Crippen molar-refractivity contribution in [2.24, 2.45) is 5.92 Å². The fourth-order valence-corrected chi connectivity index (χ4v) is 2.62. The Morgan fingerprint density at radius 3 is 2.50 bits per heavy atom. The SMILES string of the molecule is O=C(Cc1cccc(O)c1)NC1CCC(C(=O)O)CC1. The van der Waals surface area contributed by atoms with Crippen molar-refractivity contribution >= 4 is 11.9 Å². The van der Waals surface area contributed by atoms with Crippen molar-refractivity contribution in [3.63, 3.8) is 0 Å². The van der Waals surface area contributed by atoms with Crippen LogP contribution in [0.4, 0.5) is 0 Å². The number of carbonyl (C=O) groups is 2. The summed E-state index contributed by atoms with van der Waals surface area (Å²) in [5, 5.41) is 21.2. The Morgan fingerprint density at radius 2 is 1.90 bits per heavy atom. The van der Waals surface area contributed by atoms with Gasteiger partial charge in [-0.15, -0.1) is 0 Å². The molecule has 5 nitrogen and oxygen atoms in total. The van der Waals surface area contributed by atoms with Crippen molar-refractivity contribution in [2.45, 2.75) is 38.1 Å². The monoisotopic (exact) mass is 277 g/mol. The molecule has 0 bridgehead atoms. The molecule has 0 unspecified atom stereocenters. The Hall–Kier alpha value is -2.04. The fourth-order valence-electron chi connectivity index (χ4n) is 2.62. The number of phenols is 1. The van der Waals surface area contributed by atoms with Gasteiger partial charge in [0, 0.05) is 6.04 Å². The number of benzene rings is 1. The molecule has 1 aliphatic rings. The van der Waals surface area contributed by atoms with Crippen LogP contribution < -0.4 is 5.32 Å².